The molecule has 0 saturated carbocycles. The van der Waals surface area contributed by atoms with Gasteiger partial charge in [0.15, 0.2) is 11.5 Å². The highest BCUT2D eigenvalue weighted by molar-refractivity contribution is 6.01. The molecular formula is C12H12N2O6. The Kier molecular flexibility index (Phi) is 3.55. The van der Waals surface area contributed by atoms with E-state index in [1.165, 1.54) is 0 Å². The van der Waals surface area contributed by atoms with E-state index in [-0.39, 0.29) is 48.9 Å². The molecule has 106 valence electrons. The van der Waals surface area contributed by atoms with E-state index in [0.717, 1.165) is 17.0 Å². The second kappa shape index (κ2) is 5.16. The summed E-state index contributed by atoms with van der Waals surface area (Å²) in [6.45, 7) is 0.0166. The van der Waals surface area contributed by atoms with Gasteiger partial charge in [-0.25, -0.2) is 0 Å². The maximum atomic E-state index is 11.4. The second-order valence-electron chi connectivity index (χ2n) is 4.42. The summed E-state index contributed by atoms with van der Waals surface area (Å²) < 4.78 is 0. The number of carbonyl (C=O) groups is 2. The summed E-state index contributed by atoms with van der Waals surface area (Å²) in [5.41, 5.74) is -0.211. The molecule has 0 atom stereocenters. The molecule has 1 saturated heterocycles. The van der Waals surface area contributed by atoms with Crippen LogP contribution in [0.1, 0.15) is 18.4 Å². The summed E-state index contributed by atoms with van der Waals surface area (Å²) in [5.74, 6) is -1.68. The molecule has 1 fully saturated rings. The standard InChI is InChI=1S/C12H12N2O6/c15-9-5-7(8(14(19)20)6-10(9)16)3-4-13-11(17)1-2-12(13)18/h5-6,15-16H,1-4H2. The predicted molar refractivity (Wildman–Crippen MR) is 66.1 cm³/mol. The van der Waals surface area contributed by atoms with Crippen LogP contribution in [0.2, 0.25) is 0 Å². The van der Waals surface area contributed by atoms with Crippen LogP contribution in [0.15, 0.2) is 12.1 Å². The lowest BCUT2D eigenvalue weighted by molar-refractivity contribution is -0.385. The van der Waals surface area contributed by atoms with Crippen molar-refractivity contribution < 1.29 is 24.7 Å². The molecular weight excluding hydrogens is 268 g/mol. The molecule has 1 aromatic carbocycles. The van der Waals surface area contributed by atoms with Crippen LogP contribution in [0, 0.1) is 10.1 Å². The van der Waals surface area contributed by atoms with Gasteiger partial charge in [-0.05, 0) is 12.5 Å². The fourth-order valence-corrected chi connectivity index (χ4v) is 2.08. The normalized spacial score (nSPS) is 14.9. The fraction of sp³-hybridized carbons (Fsp3) is 0.333. The summed E-state index contributed by atoms with van der Waals surface area (Å²) in [6, 6.07) is 1.91. The van der Waals surface area contributed by atoms with Gasteiger partial charge in [-0.2, -0.15) is 0 Å². The zero-order valence-corrected chi connectivity index (χ0v) is 10.4. The topological polar surface area (TPSA) is 121 Å². The molecule has 2 rings (SSSR count). The zero-order chi connectivity index (χ0) is 14.9. The molecule has 20 heavy (non-hydrogen) atoms. The molecule has 0 radical (unpaired) electrons. The van der Waals surface area contributed by atoms with Crippen molar-refractivity contribution in [1.82, 2.24) is 4.90 Å². The number of nitro benzene ring substituents is 1. The lowest BCUT2D eigenvalue weighted by Crippen LogP contribution is -2.31. The Balaban J connectivity index is 2.20. The number of aromatic hydroxyl groups is 2. The third kappa shape index (κ3) is 2.53. The van der Waals surface area contributed by atoms with Crippen LogP contribution in [0.3, 0.4) is 0 Å². The number of nitrogens with zero attached hydrogens (tertiary/aromatic N) is 2. The maximum Gasteiger partial charge on any atom is 0.276 e. The summed E-state index contributed by atoms with van der Waals surface area (Å²) in [4.78, 5) is 34.1. The number of rotatable bonds is 4. The van der Waals surface area contributed by atoms with Gasteiger partial charge in [0.05, 0.1) is 11.0 Å². The summed E-state index contributed by atoms with van der Waals surface area (Å²) in [6.07, 6.45) is 0.352. The first kappa shape index (κ1) is 13.8. The van der Waals surface area contributed by atoms with Crippen molar-refractivity contribution in [3.63, 3.8) is 0 Å². The van der Waals surface area contributed by atoms with Crippen molar-refractivity contribution >= 4 is 17.5 Å². The van der Waals surface area contributed by atoms with Gasteiger partial charge in [-0.1, -0.05) is 0 Å². The highest BCUT2D eigenvalue weighted by Crippen LogP contribution is 2.33. The van der Waals surface area contributed by atoms with Crippen molar-refractivity contribution in [2.75, 3.05) is 6.54 Å². The summed E-state index contributed by atoms with van der Waals surface area (Å²) >= 11 is 0. The number of imide groups is 1. The molecule has 1 aliphatic rings. The maximum absolute atomic E-state index is 11.4. The van der Waals surface area contributed by atoms with Crippen molar-refractivity contribution in [3.05, 3.63) is 27.8 Å². The molecule has 2 N–H and O–H groups in total. The van der Waals surface area contributed by atoms with Crippen LogP contribution in [0.25, 0.3) is 0 Å². The van der Waals surface area contributed by atoms with E-state index < -0.39 is 16.4 Å². The number of phenols is 2. The van der Waals surface area contributed by atoms with Crippen LogP contribution in [0.4, 0.5) is 5.69 Å². The number of amides is 2. The second-order valence-corrected chi connectivity index (χ2v) is 4.42. The Morgan fingerprint density at radius 3 is 2.25 bits per heavy atom. The van der Waals surface area contributed by atoms with Gasteiger partial charge < -0.3 is 10.2 Å². The molecule has 0 unspecified atom stereocenters. The van der Waals surface area contributed by atoms with Crippen LogP contribution >= 0.6 is 0 Å². The van der Waals surface area contributed by atoms with E-state index in [2.05, 4.69) is 0 Å². The highest BCUT2D eigenvalue weighted by Gasteiger charge is 2.29. The molecule has 0 aliphatic carbocycles. The average Bonchev–Trinajstić information content (AvgIpc) is 2.70. The third-order valence-corrected chi connectivity index (χ3v) is 3.13. The van der Waals surface area contributed by atoms with Crippen LogP contribution < -0.4 is 0 Å². The number of phenolic OH excluding ortho intramolecular Hbond substituents is 2. The predicted octanol–water partition coefficient (Wildman–Crippen LogP) is 0.697. The number of hydrogen-bond donors (Lipinski definition) is 2. The van der Waals surface area contributed by atoms with E-state index in [4.69, 9.17) is 0 Å². The lowest BCUT2D eigenvalue weighted by atomic mass is 10.1. The van der Waals surface area contributed by atoms with Gasteiger partial charge >= 0.3 is 0 Å². The molecule has 0 bridgehead atoms. The monoisotopic (exact) mass is 280 g/mol. The molecule has 0 aromatic heterocycles. The molecule has 0 spiro atoms. The number of likely N-dealkylation sites (tertiary alicyclic amines) is 1. The van der Waals surface area contributed by atoms with E-state index in [9.17, 15) is 29.9 Å². The quantitative estimate of drug-likeness (QED) is 0.362. The minimum absolute atomic E-state index is 0.0166. The molecule has 2 amide bonds. The minimum Gasteiger partial charge on any atom is -0.504 e. The number of carbonyl (C=O) groups excluding carboxylic acids is 2. The van der Waals surface area contributed by atoms with Crippen molar-refractivity contribution in [2.24, 2.45) is 0 Å². The lowest BCUT2D eigenvalue weighted by Gasteiger charge is -2.13. The number of nitro groups is 1. The van der Waals surface area contributed by atoms with Crippen LogP contribution in [-0.2, 0) is 16.0 Å². The Morgan fingerprint density at radius 2 is 1.70 bits per heavy atom. The van der Waals surface area contributed by atoms with Crippen LogP contribution in [0.5, 0.6) is 11.5 Å². The molecule has 1 aromatic rings. The van der Waals surface area contributed by atoms with Gasteiger partial charge in [0.2, 0.25) is 11.8 Å². The SMILES string of the molecule is O=C1CCC(=O)N1CCc1cc(O)c(O)cc1[N+](=O)[O-]. The highest BCUT2D eigenvalue weighted by atomic mass is 16.6. The van der Waals surface area contributed by atoms with Gasteiger partial charge in [0.25, 0.3) is 5.69 Å². The van der Waals surface area contributed by atoms with Gasteiger partial charge in [0.1, 0.15) is 0 Å². The first-order valence-electron chi connectivity index (χ1n) is 5.92. The molecule has 1 aliphatic heterocycles. The van der Waals surface area contributed by atoms with E-state index in [0.29, 0.717) is 0 Å². The third-order valence-electron chi connectivity index (χ3n) is 3.13. The largest absolute Gasteiger partial charge is 0.504 e. The zero-order valence-electron chi connectivity index (χ0n) is 10.4. The van der Waals surface area contributed by atoms with Gasteiger partial charge in [0, 0.05) is 24.9 Å². The Morgan fingerprint density at radius 1 is 1.15 bits per heavy atom. The van der Waals surface area contributed by atoms with E-state index >= 15 is 0 Å². The fourth-order valence-electron chi connectivity index (χ4n) is 2.08. The number of hydrogen-bond acceptors (Lipinski definition) is 6. The van der Waals surface area contributed by atoms with Crippen LogP contribution in [-0.4, -0.2) is 38.4 Å². The molecule has 8 nitrogen and oxygen atoms in total. The van der Waals surface area contributed by atoms with Gasteiger partial charge in [-0.15, -0.1) is 0 Å². The Hall–Kier alpha value is -2.64. The minimum atomic E-state index is -0.692. The van der Waals surface area contributed by atoms with Crippen molar-refractivity contribution in [3.8, 4) is 11.5 Å². The van der Waals surface area contributed by atoms with E-state index in [1.54, 1.807) is 0 Å². The van der Waals surface area contributed by atoms with E-state index in [1.807, 2.05) is 0 Å². The number of benzene rings is 1. The van der Waals surface area contributed by atoms with Crippen molar-refractivity contribution in [1.29, 1.82) is 0 Å². The molecule has 1 heterocycles. The Labute approximate surface area is 113 Å². The average molecular weight is 280 g/mol. The Bertz CT molecular complexity index is 582. The van der Waals surface area contributed by atoms with Crippen molar-refractivity contribution in [2.45, 2.75) is 19.3 Å². The first-order valence-corrected chi connectivity index (χ1v) is 5.92. The molecule has 8 heteroatoms. The first-order chi connectivity index (χ1) is 9.40. The summed E-state index contributed by atoms with van der Waals surface area (Å²) in [7, 11) is 0. The van der Waals surface area contributed by atoms with Gasteiger partial charge in [-0.3, -0.25) is 24.6 Å². The summed E-state index contributed by atoms with van der Waals surface area (Å²) in [5, 5.41) is 29.5. The smallest absolute Gasteiger partial charge is 0.276 e.